The quantitative estimate of drug-likeness (QED) is 0.889. The number of hydrogen-bond donors (Lipinski definition) is 1. The molecule has 0 aliphatic heterocycles. The molecule has 1 aromatic heterocycles. The SMILES string of the molecule is CCCCn1nc(C)c(Cc2cc(C)c(O)c3c2CCC3)c1C. The molecule has 23 heavy (non-hydrogen) atoms. The van der Waals surface area contributed by atoms with Crippen molar-refractivity contribution in [1.82, 2.24) is 9.78 Å². The van der Waals surface area contributed by atoms with Crippen LogP contribution in [0.1, 0.15) is 65.4 Å². The van der Waals surface area contributed by atoms with Gasteiger partial charge in [0.1, 0.15) is 5.75 Å². The van der Waals surface area contributed by atoms with Crippen LogP contribution in [-0.2, 0) is 25.8 Å². The summed E-state index contributed by atoms with van der Waals surface area (Å²) in [5.74, 6) is 0.522. The zero-order valence-corrected chi connectivity index (χ0v) is 14.9. The summed E-state index contributed by atoms with van der Waals surface area (Å²) < 4.78 is 2.17. The molecule has 0 atom stereocenters. The summed E-state index contributed by atoms with van der Waals surface area (Å²) >= 11 is 0. The highest BCUT2D eigenvalue weighted by Gasteiger charge is 2.22. The monoisotopic (exact) mass is 312 g/mol. The first-order chi connectivity index (χ1) is 11.0. The van der Waals surface area contributed by atoms with Crippen LogP contribution in [0.3, 0.4) is 0 Å². The molecule has 0 bridgehead atoms. The number of aromatic nitrogens is 2. The number of phenolic OH excluding ortho intramolecular Hbond substituents is 1. The maximum atomic E-state index is 10.3. The second-order valence-electron chi connectivity index (χ2n) is 6.91. The Balaban J connectivity index is 1.96. The Hall–Kier alpha value is -1.77. The van der Waals surface area contributed by atoms with E-state index in [1.165, 1.54) is 40.8 Å². The summed E-state index contributed by atoms with van der Waals surface area (Å²) in [6, 6.07) is 2.18. The lowest BCUT2D eigenvalue weighted by molar-refractivity contribution is 0.464. The van der Waals surface area contributed by atoms with E-state index < -0.39 is 0 Å². The Morgan fingerprint density at radius 2 is 1.91 bits per heavy atom. The first-order valence-electron chi connectivity index (χ1n) is 8.89. The van der Waals surface area contributed by atoms with Gasteiger partial charge in [-0.1, -0.05) is 19.4 Å². The molecular formula is C20H28N2O. The number of aryl methyl sites for hydroxylation is 3. The van der Waals surface area contributed by atoms with Crippen molar-refractivity contribution >= 4 is 0 Å². The second kappa shape index (κ2) is 6.38. The fourth-order valence-corrected chi connectivity index (χ4v) is 3.88. The number of benzene rings is 1. The number of rotatable bonds is 5. The molecule has 0 fully saturated rings. The smallest absolute Gasteiger partial charge is 0.121 e. The van der Waals surface area contributed by atoms with Crippen molar-refractivity contribution in [3.05, 3.63) is 45.3 Å². The van der Waals surface area contributed by atoms with Crippen molar-refractivity contribution in [3.63, 3.8) is 0 Å². The number of hydrogen-bond acceptors (Lipinski definition) is 2. The van der Waals surface area contributed by atoms with Crippen LogP contribution in [-0.4, -0.2) is 14.9 Å². The van der Waals surface area contributed by atoms with E-state index >= 15 is 0 Å². The summed E-state index contributed by atoms with van der Waals surface area (Å²) in [5, 5.41) is 15.0. The van der Waals surface area contributed by atoms with Crippen molar-refractivity contribution in [2.75, 3.05) is 0 Å². The van der Waals surface area contributed by atoms with Crippen molar-refractivity contribution in [2.24, 2.45) is 0 Å². The van der Waals surface area contributed by atoms with Crippen LogP contribution >= 0.6 is 0 Å². The Morgan fingerprint density at radius 1 is 1.17 bits per heavy atom. The van der Waals surface area contributed by atoms with E-state index in [0.29, 0.717) is 5.75 Å². The van der Waals surface area contributed by atoms with E-state index in [9.17, 15) is 5.11 Å². The molecule has 1 heterocycles. The van der Waals surface area contributed by atoms with Gasteiger partial charge >= 0.3 is 0 Å². The molecular weight excluding hydrogens is 284 g/mol. The minimum atomic E-state index is 0.522. The maximum Gasteiger partial charge on any atom is 0.121 e. The van der Waals surface area contributed by atoms with Crippen molar-refractivity contribution in [3.8, 4) is 5.75 Å². The fourth-order valence-electron chi connectivity index (χ4n) is 3.88. The van der Waals surface area contributed by atoms with Gasteiger partial charge in [0.25, 0.3) is 0 Å². The first kappa shape index (κ1) is 16.1. The highest BCUT2D eigenvalue weighted by atomic mass is 16.3. The summed E-state index contributed by atoms with van der Waals surface area (Å²) in [6.45, 7) is 9.56. The van der Waals surface area contributed by atoms with Gasteiger partial charge in [-0.3, -0.25) is 4.68 Å². The summed E-state index contributed by atoms with van der Waals surface area (Å²) in [5.41, 5.74) is 8.77. The van der Waals surface area contributed by atoms with Gasteiger partial charge < -0.3 is 5.11 Å². The van der Waals surface area contributed by atoms with Gasteiger partial charge in [-0.2, -0.15) is 5.10 Å². The fraction of sp³-hybridized carbons (Fsp3) is 0.550. The molecule has 3 rings (SSSR count). The number of aromatic hydroxyl groups is 1. The first-order valence-corrected chi connectivity index (χ1v) is 8.89. The predicted molar refractivity (Wildman–Crippen MR) is 94.3 cm³/mol. The molecule has 1 N–H and O–H groups in total. The average molecular weight is 312 g/mol. The van der Waals surface area contributed by atoms with Gasteiger partial charge in [0.15, 0.2) is 0 Å². The van der Waals surface area contributed by atoms with Crippen LogP contribution in [0.2, 0.25) is 0 Å². The standard InChI is InChI=1S/C20H28N2O/c1-5-6-10-22-15(4)19(14(3)21-22)12-16-11-13(2)20(23)18-9-7-8-17(16)18/h11,23H,5-10,12H2,1-4H3. The van der Waals surface area contributed by atoms with Crippen LogP contribution in [0.25, 0.3) is 0 Å². The number of nitrogens with zero attached hydrogens (tertiary/aromatic N) is 2. The van der Waals surface area contributed by atoms with Crippen LogP contribution in [0, 0.1) is 20.8 Å². The number of fused-ring (bicyclic) bond motifs is 1. The van der Waals surface area contributed by atoms with Gasteiger partial charge in [-0.05, 0) is 68.7 Å². The molecule has 3 heteroatoms. The van der Waals surface area contributed by atoms with Gasteiger partial charge in [-0.25, -0.2) is 0 Å². The van der Waals surface area contributed by atoms with Crippen LogP contribution in [0.15, 0.2) is 6.07 Å². The predicted octanol–water partition coefficient (Wildman–Crippen LogP) is 4.39. The van der Waals surface area contributed by atoms with E-state index in [1.807, 2.05) is 6.92 Å². The molecule has 0 unspecified atom stereocenters. The number of phenols is 1. The van der Waals surface area contributed by atoms with Gasteiger partial charge in [0.05, 0.1) is 5.69 Å². The van der Waals surface area contributed by atoms with Crippen molar-refractivity contribution in [1.29, 1.82) is 0 Å². The minimum absolute atomic E-state index is 0.522. The van der Waals surface area contributed by atoms with E-state index in [-0.39, 0.29) is 0 Å². The molecule has 0 saturated carbocycles. The lowest BCUT2D eigenvalue weighted by Crippen LogP contribution is -2.03. The largest absolute Gasteiger partial charge is 0.507 e. The van der Waals surface area contributed by atoms with E-state index in [1.54, 1.807) is 0 Å². The molecule has 0 amide bonds. The Labute approximate surface area is 139 Å². The highest BCUT2D eigenvalue weighted by molar-refractivity contribution is 5.53. The van der Waals surface area contributed by atoms with E-state index in [2.05, 4.69) is 31.5 Å². The second-order valence-corrected chi connectivity index (χ2v) is 6.91. The highest BCUT2D eigenvalue weighted by Crippen LogP contribution is 2.36. The van der Waals surface area contributed by atoms with E-state index in [0.717, 1.165) is 43.5 Å². The van der Waals surface area contributed by atoms with Crippen LogP contribution in [0.4, 0.5) is 0 Å². The third-order valence-electron chi connectivity index (χ3n) is 5.28. The zero-order chi connectivity index (χ0) is 16.6. The van der Waals surface area contributed by atoms with Gasteiger partial charge in [0.2, 0.25) is 0 Å². The molecule has 124 valence electrons. The average Bonchev–Trinajstić information content (AvgIpc) is 3.11. The summed E-state index contributed by atoms with van der Waals surface area (Å²) in [6.07, 6.45) is 6.58. The summed E-state index contributed by atoms with van der Waals surface area (Å²) in [4.78, 5) is 0. The molecule has 0 saturated heterocycles. The molecule has 0 spiro atoms. The normalized spacial score (nSPS) is 13.6. The molecule has 1 aromatic carbocycles. The molecule has 0 radical (unpaired) electrons. The minimum Gasteiger partial charge on any atom is -0.507 e. The van der Waals surface area contributed by atoms with Crippen LogP contribution < -0.4 is 0 Å². The molecule has 1 aliphatic carbocycles. The Morgan fingerprint density at radius 3 is 2.65 bits per heavy atom. The molecule has 1 aliphatic rings. The maximum absolute atomic E-state index is 10.3. The third-order valence-corrected chi connectivity index (χ3v) is 5.28. The topological polar surface area (TPSA) is 38.0 Å². The van der Waals surface area contributed by atoms with Gasteiger partial charge in [-0.15, -0.1) is 0 Å². The molecule has 3 nitrogen and oxygen atoms in total. The van der Waals surface area contributed by atoms with Crippen molar-refractivity contribution < 1.29 is 5.11 Å². The molecule has 2 aromatic rings. The Kier molecular flexibility index (Phi) is 4.47. The lowest BCUT2D eigenvalue weighted by Gasteiger charge is -2.13. The van der Waals surface area contributed by atoms with Gasteiger partial charge in [0, 0.05) is 24.2 Å². The van der Waals surface area contributed by atoms with E-state index in [4.69, 9.17) is 5.10 Å². The number of unbranched alkanes of at least 4 members (excludes halogenated alkanes) is 1. The lowest BCUT2D eigenvalue weighted by atomic mass is 9.93. The zero-order valence-electron chi connectivity index (χ0n) is 14.9. The van der Waals surface area contributed by atoms with Crippen molar-refractivity contribution in [2.45, 2.75) is 72.8 Å². The third kappa shape index (κ3) is 2.89. The van der Waals surface area contributed by atoms with Crippen LogP contribution in [0.5, 0.6) is 5.75 Å². The Bertz CT molecular complexity index is 728. The summed E-state index contributed by atoms with van der Waals surface area (Å²) in [7, 11) is 0.